The maximum Gasteiger partial charge on any atom is 0.335 e. The standard InChI is InChI=1S/C20H22N2O4S/c1-2-3-7-14-12-15(10-11-17(14)19(24)25)21-20(27)22-18(23)13-26-16-8-5-4-6-9-16/h4-6,8-12H,2-3,7,13H2,1H3,(H,24,25)(H2,21,22,23,27). The van der Waals surface area contributed by atoms with Crippen molar-refractivity contribution in [3.8, 4) is 5.75 Å². The first kappa shape index (κ1) is 20.4. The number of hydrogen-bond donors (Lipinski definition) is 3. The Hall–Kier alpha value is -2.93. The lowest BCUT2D eigenvalue weighted by atomic mass is 10.0. The number of rotatable bonds is 8. The number of carboxylic acids is 1. The molecule has 0 unspecified atom stereocenters. The highest BCUT2D eigenvalue weighted by Gasteiger charge is 2.12. The number of aryl methyl sites for hydroxylation is 1. The number of amides is 1. The number of nitrogens with one attached hydrogen (secondary N) is 2. The zero-order chi connectivity index (χ0) is 19.6. The molecule has 0 aromatic heterocycles. The molecule has 142 valence electrons. The van der Waals surface area contributed by atoms with Crippen LogP contribution in [0.4, 0.5) is 5.69 Å². The second-order valence-electron chi connectivity index (χ2n) is 5.88. The van der Waals surface area contributed by atoms with Crippen LogP contribution in [0, 0.1) is 0 Å². The molecule has 0 heterocycles. The van der Waals surface area contributed by atoms with E-state index in [1.165, 1.54) is 0 Å². The Kier molecular flexibility index (Phi) is 7.76. The van der Waals surface area contributed by atoms with Crippen LogP contribution in [0.25, 0.3) is 0 Å². The molecule has 7 heteroatoms. The Bertz CT molecular complexity index is 809. The molecule has 0 saturated carbocycles. The average Bonchev–Trinajstić information content (AvgIpc) is 2.65. The topological polar surface area (TPSA) is 87.7 Å². The highest BCUT2D eigenvalue weighted by Crippen LogP contribution is 2.18. The monoisotopic (exact) mass is 386 g/mol. The molecule has 0 fully saturated rings. The molecule has 27 heavy (non-hydrogen) atoms. The van der Waals surface area contributed by atoms with E-state index in [0.717, 1.165) is 18.4 Å². The fourth-order valence-electron chi connectivity index (χ4n) is 2.44. The molecule has 0 saturated heterocycles. The number of anilines is 1. The Morgan fingerprint density at radius 3 is 2.56 bits per heavy atom. The van der Waals surface area contributed by atoms with Gasteiger partial charge in [0.05, 0.1) is 5.56 Å². The smallest absolute Gasteiger partial charge is 0.335 e. The van der Waals surface area contributed by atoms with Gasteiger partial charge in [0.15, 0.2) is 11.7 Å². The lowest BCUT2D eigenvalue weighted by Gasteiger charge is -2.13. The van der Waals surface area contributed by atoms with Crippen molar-refractivity contribution in [1.29, 1.82) is 0 Å². The summed E-state index contributed by atoms with van der Waals surface area (Å²) in [5.74, 6) is -0.748. The number of ether oxygens (including phenoxy) is 1. The fraction of sp³-hybridized carbons (Fsp3) is 0.250. The van der Waals surface area contributed by atoms with E-state index in [2.05, 4.69) is 10.6 Å². The number of carbonyl (C=O) groups excluding carboxylic acids is 1. The van der Waals surface area contributed by atoms with Crippen LogP contribution in [0.3, 0.4) is 0 Å². The number of unbranched alkanes of at least 4 members (excludes halogenated alkanes) is 1. The summed E-state index contributed by atoms with van der Waals surface area (Å²) in [4.78, 5) is 23.3. The van der Waals surface area contributed by atoms with Gasteiger partial charge in [0.1, 0.15) is 5.75 Å². The number of carboxylic acid groups (broad SMARTS) is 1. The van der Waals surface area contributed by atoms with E-state index in [9.17, 15) is 14.7 Å². The van der Waals surface area contributed by atoms with Gasteiger partial charge in [-0.3, -0.25) is 10.1 Å². The van der Waals surface area contributed by atoms with Crippen molar-refractivity contribution in [3.05, 3.63) is 59.7 Å². The van der Waals surface area contributed by atoms with Gasteiger partial charge in [0.25, 0.3) is 5.91 Å². The first-order valence-electron chi connectivity index (χ1n) is 8.64. The van der Waals surface area contributed by atoms with Crippen LogP contribution in [0.2, 0.25) is 0 Å². The van der Waals surface area contributed by atoms with E-state index in [1.807, 2.05) is 25.1 Å². The fourth-order valence-corrected chi connectivity index (χ4v) is 2.68. The van der Waals surface area contributed by atoms with Crippen molar-refractivity contribution in [2.45, 2.75) is 26.2 Å². The normalized spacial score (nSPS) is 10.1. The van der Waals surface area contributed by atoms with E-state index < -0.39 is 5.97 Å². The third-order valence-corrected chi connectivity index (χ3v) is 3.96. The molecular formula is C20H22N2O4S. The molecule has 2 aromatic rings. The quantitative estimate of drug-likeness (QED) is 0.601. The summed E-state index contributed by atoms with van der Waals surface area (Å²) in [5.41, 5.74) is 1.64. The Morgan fingerprint density at radius 1 is 1.15 bits per heavy atom. The predicted molar refractivity (Wildman–Crippen MR) is 108 cm³/mol. The second kappa shape index (κ2) is 10.3. The van der Waals surface area contributed by atoms with Crippen LogP contribution >= 0.6 is 12.2 Å². The van der Waals surface area contributed by atoms with Gasteiger partial charge in [-0.1, -0.05) is 31.5 Å². The highest BCUT2D eigenvalue weighted by molar-refractivity contribution is 7.80. The first-order valence-corrected chi connectivity index (χ1v) is 9.05. The number of benzene rings is 2. The van der Waals surface area contributed by atoms with Crippen molar-refractivity contribution < 1.29 is 19.4 Å². The summed E-state index contributed by atoms with van der Waals surface area (Å²) in [6.45, 7) is 1.89. The van der Waals surface area contributed by atoms with Gasteiger partial charge in [-0.05, 0) is 61.0 Å². The van der Waals surface area contributed by atoms with Crippen molar-refractivity contribution in [1.82, 2.24) is 5.32 Å². The number of aromatic carboxylic acids is 1. The van der Waals surface area contributed by atoms with Gasteiger partial charge >= 0.3 is 5.97 Å². The van der Waals surface area contributed by atoms with Crippen molar-refractivity contribution >= 4 is 34.9 Å². The second-order valence-corrected chi connectivity index (χ2v) is 6.29. The minimum Gasteiger partial charge on any atom is -0.484 e. The van der Waals surface area contributed by atoms with Gasteiger partial charge in [-0.15, -0.1) is 0 Å². The largest absolute Gasteiger partial charge is 0.484 e. The highest BCUT2D eigenvalue weighted by atomic mass is 32.1. The van der Waals surface area contributed by atoms with Crippen molar-refractivity contribution in [2.24, 2.45) is 0 Å². The predicted octanol–water partition coefficient (Wildman–Crippen LogP) is 3.62. The SMILES string of the molecule is CCCCc1cc(NC(=S)NC(=O)COc2ccccc2)ccc1C(=O)O. The van der Waals surface area contributed by atoms with Gasteiger partial charge in [0.2, 0.25) is 0 Å². The zero-order valence-corrected chi connectivity index (χ0v) is 15.8. The molecule has 6 nitrogen and oxygen atoms in total. The molecule has 2 rings (SSSR count). The summed E-state index contributed by atoms with van der Waals surface area (Å²) in [7, 11) is 0. The van der Waals surface area contributed by atoms with E-state index in [-0.39, 0.29) is 23.2 Å². The Morgan fingerprint density at radius 2 is 1.89 bits per heavy atom. The maximum atomic E-state index is 11.9. The van der Waals surface area contributed by atoms with Crippen LogP contribution < -0.4 is 15.4 Å². The van der Waals surface area contributed by atoms with Crippen LogP contribution in [0.1, 0.15) is 35.7 Å². The van der Waals surface area contributed by atoms with E-state index >= 15 is 0 Å². The lowest BCUT2D eigenvalue weighted by molar-refractivity contribution is -0.121. The zero-order valence-electron chi connectivity index (χ0n) is 15.0. The van der Waals surface area contributed by atoms with Crippen LogP contribution in [-0.4, -0.2) is 28.7 Å². The van der Waals surface area contributed by atoms with Crippen LogP contribution in [0.5, 0.6) is 5.75 Å². The van der Waals surface area contributed by atoms with Crippen LogP contribution in [-0.2, 0) is 11.2 Å². The molecule has 2 aromatic carbocycles. The third-order valence-electron chi connectivity index (χ3n) is 3.76. The van der Waals surface area contributed by atoms with Gasteiger partial charge in [-0.2, -0.15) is 0 Å². The molecule has 0 spiro atoms. The minimum absolute atomic E-state index is 0.126. The summed E-state index contributed by atoms with van der Waals surface area (Å²) >= 11 is 5.14. The molecule has 0 aliphatic rings. The molecule has 1 amide bonds. The van der Waals surface area contributed by atoms with E-state index in [1.54, 1.807) is 30.3 Å². The summed E-state index contributed by atoms with van der Waals surface area (Å²) in [5, 5.41) is 14.9. The van der Waals surface area contributed by atoms with E-state index in [0.29, 0.717) is 17.9 Å². The summed E-state index contributed by atoms with van der Waals surface area (Å²) in [6.07, 6.45) is 2.52. The van der Waals surface area contributed by atoms with Gasteiger partial charge in [-0.25, -0.2) is 4.79 Å². The number of carbonyl (C=O) groups is 2. The van der Waals surface area contributed by atoms with Gasteiger partial charge in [0, 0.05) is 5.69 Å². The average molecular weight is 386 g/mol. The molecule has 3 N–H and O–H groups in total. The molecule has 0 atom stereocenters. The third kappa shape index (κ3) is 6.71. The van der Waals surface area contributed by atoms with Crippen molar-refractivity contribution in [3.63, 3.8) is 0 Å². The summed E-state index contributed by atoms with van der Waals surface area (Å²) < 4.78 is 5.36. The van der Waals surface area contributed by atoms with Gasteiger partial charge < -0.3 is 15.2 Å². The molecule has 0 aliphatic heterocycles. The number of hydrogen-bond acceptors (Lipinski definition) is 4. The Balaban J connectivity index is 1.92. The maximum absolute atomic E-state index is 11.9. The molecule has 0 bridgehead atoms. The molecular weight excluding hydrogens is 364 g/mol. The molecule has 0 radical (unpaired) electrons. The van der Waals surface area contributed by atoms with E-state index in [4.69, 9.17) is 17.0 Å². The van der Waals surface area contributed by atoms with Crippen molar-refractivity contribution in [2.75, 3.05) is 11.9 Å². The minimum atomic E-state index is -0.957. The lowest BCUT2D eigenvalue weighted by Crippen LogP contribution is -2.37. The first-order chi connectivity index (χ1) is 13.0. The van der Waals surface area contributed by atoms with Crippen LogP contribution in [0.15, 0.2) is 48.5 Å². The Labute approximate surface area is 163 Å². The number of para-hydroxylation sites is 1. The summed E-state index contributed by atoms with van der Waals surface area (Å²) in [6, 6.07) is 13.9. The molecule has 0 aliphatic carbocycles. The number of thiocarbonyl (C=S) groups is 1.